The second kappa shape index (κ2) is 6.79. The quantitative estimate of drug-likeness (QED) is 0.759. The minimum atomic E-state index is 0.903. The Kier molecular flexibility index (Phi) is 5.04. The third kappa shape index (κ3) is 3.57. The maximum absolute atomic E-state index is 2.83. The Morgan fingerprint density at radius 3 is 1.85 bits per heavy atom. The first kappa shape index (κ1) is 14.8. The molecule has 0 aromatic carbocycles. The van der Waals surface area contributed by atoms with Gasteiger partial charge in [0.2, 0.25) is 0 Å². The van der Waals surface area contributed by atoms with Crippen LogP contribution < -0.4 is 0 Å². The van der Waals surface area contributed by atoms with Crippen LogP contribution in [0.5, 0.6) is 0 Å². The summed E-state index contributed by atoms with van der Waals surface area (Å²) in [5.74, 6) is 1.94. The number of nitrogens with zero attached hydrogens (tertiary/aromatic N) is 2. The van der Waals surface area contributed by atoms with Crippen LogP contribution >= 0.6 is 0 Å². The van der Waals surface area contributed by atoms with E-state index in [1.54, 1.807) is 0 Å². The summed E-state index contributed by atoms with van der Waals surface area (Å²) in [6.45, 7) is 10.3. The molecule has 2 aliphatic heterocycles. The van der Waals surface area contributed by atoms with E-state index in [1.807, 2.05) is 0 Å². The lowest BCUT2D eigenvalue weighted by molar-refractivity contribution is 0.0487. The summed E-state index contributed by atoms with van der Waals surface area (Å²) in [4.78, 5) is 5.64. The van der Waals surface area contributed by atoms with Crippen LogP contribution in [0, 0.1) is 11.8 Å². The van der Waals surface area contributed by atoms with E-state index in [0.717, 1.165) is 23.9 Å². The lowest BCUT2D eigenvalue weighted by Gasteiger charge is -2.44. The first-order valence-electron chi connectivity index (χ1n) is 9.20. The molecule has 0 unspecified atom stereocenters. The molecule has 20 heavy (non-hydrogen) atoms. The summed E-state index contributed by atoms with van der Waals surface area (Å²) in [7, 11) is 0. The van der Waals surface area contributed by atoms with Crippen LogP contribution in [0.4, 0.5) is 0 Å². The Morgan fingerprint density at radius 1 is 0.600 bits per heavy atom. The highest BCUT2D eigenvalue weighted by molar-refractivity contribution is 4.87. The Balaban J connectivity index is 1.44. The molecule has 116 valence electrons. The fraction of sp³-hybridized carbons (Fsp3) is 1.00. The minimum Gasteiger partial charge on any atom is -0.300 e. The minimum absolute atomic E-state index is 0.903. The highest BCUT2D eigenvalue weighted by Gasteiger charge is 2.31. The van der Waals surface area contributed by atoms with Crippen LogP contribution in [0.1, 0.15) is 65.2 Å². The van der Waals surface area contributed by atoms with Crippen molar-refractivity contribution in [3.63, 3.8) is 0 Å². The summed E-state index contributed by atoms with van der Waals surface area (Å²) in [6.07, 6.45) is 11.6. The second-order valence-corrected chi connectivity index (χ2v) is 7.91. The van der Waals surface area contributed by atoms with Crippen LogP contribution in [0.25, 0.3) is 0 Å². The normalized spacial score (nSPS) is 36.3. The van der Waals surface area contributed by atoms with Crippen LogP contribution in [0.15, 0.2) is 0 Å². The molecule has 3 fully saturated rings. The van der Waals surface area contributed by atoms with Crippen molar-refractivity contribution in [2.24, 2.45) is 11.8 Å². The fourth-order valence-electron chi connectivity index (χ4n) is 4.74. The predicted octanol–water partition coefficient (Wildman–Crippen LogP) is 3.76. The Labute approximate surface area is 125 Å². The number of hydrogen-bond donors (Lipinski definition) is 0. The predicted molar refractivity (Wildman–Crippen MR) is 86.0 cm³/mol. The smallest absolute Gasteiger partial charge is 0.0120 e. The number of rotatable bonds is 2. The highest BCUT2D eigenvalue weighted by Crippen LogP contribution is 2.30. The van der Waals surface area contributed by atoms with Crippen molar-refractivity contribution in [2.75, 3.05) is 26.2 Å². The van der Waals surface area contributed by atoms with Crippen LogP contribution in [-0.2, 0) is 0 Å². The van der Waals surface area contributed by atoms with Gasteiger partial charge in [0.05, 0.1) is 0 Å². The molecule has 2 saturated heterocycles. The average Bonchev–Trinajstić information content (AvgIpc) is 2.48. The molecule has 2 atom stereocenters. The van der Waals surface area contributed by atoms with E-state index < -0.39 is 0 Å². The van der Waals surface area contributed by atoms with Gasteiger partial charge in [0, 0.05) is 12.1 Å². The topological polar surface area (TPSA) is 6.48 Å². The lowest BCUT2D eigenvalue weighted by Crippen LogP contribution is -2.50. The Bertz CT molecular complexity index is 288. The summed E-state index contributed by atoms with van der Waals surface area (Å²) < 4.78 is 0. The third-order valence-corrected chi connectivity index (χ3v) is 6.26. The molecule has 2 heterocycles. The molecule has 0 spiro atoms. The summed E-state index contributed by atoms with van der Waals surface area (Å²) in [5, 5.41) is 0. The van der Waals surface area contributed by atoms with Gasteiger partial charge in [0.25, 0.3) is 0 Å². The van der Waals surface area contributed by atoms with Gasteiger partial charge < -0.3 is 9.80 Å². The monoisotopic (exact) mass is 278 g/mol. The Hall–Kier alpha value is -0.0800. The van der Waals surface area contributed by atoms with E-state index in [-0.39, 0.29) is 0 Å². The summed E-state index contributed by atoms with van der Waals surface area (Å²) in [5.41, 5.74) is 0. The van der Waals surface area contributed by atoms with Crippen molar-refractivity contribution in [3.8, 4) is 0 Å². The number of piperidine rings is 2. The van der Waals surface area contributed by atoms with Gasteiger partial charge in [-0.15, -0.1) is 0 Å². The van der Waals surface area contributed by atoms with Gasteiger partial charge in [-0.3, -0.25) is 0 Å². The molecule has 3 rings (SSSR count). The summed E-state index contributed by atoms with van der Waals surface area (Å²) >= 11 is 0. The molecular weight excluding hydrogens is 244 g/mol. The van der Waals surface area contributed by atoms with Crippen LogP contribution in [0.3, 0.4) is 0 Å². The van der Waals surface area contributed by atoms with Crippen molar-refractivity contribution in [3.05, 3.63) is 0 Å². The zero-order chi connectivity index (χ0) is 13.9. The highest BCUT2D eigenvalue weighted by atomic mass is 15.2. The fourth-order valence-corrected chi connectivity index (χ4v) is 4.74. The van der Waals surface area contributed by atoms with E-state index >= 15 is 0 Å². The zero-order valence-electron chi connectivity index (χ0n) is 13.7. The van der Waals surface area contributed by atoms with E-state index in [2.05, 4.69) is 23.6 Å². The first-order valence-corrected chi connectivity index (χ1v) is 9.20. The molecule has 2 nitrogen and oxygen atoms in total. The summed E-state index contributed by atoms with van der Waals surface area (Å²) in [6, 6.07) is 1.82. The zero-order valence-corrected chi connectivity index (χ0v) is 13.7. The van der Waals surface area contributed by atoms with Crippen LogP contribution in [-0.4, -0.2) is 48.1 Å². The van der Waals surface area contributed by atoms with Crippen molar-refractivity contribution < 1.29 is 0 Å². The standard InChI is InChI=1S/C18H34N2/c1-15-6-10-19(11-7-15)17-8-12-20(13-9-17)18-5-3-4-16(2)14-18/h15-18H,3-14H2,1-2H3/t16-,18+/m1/s1. The third-order valence-electron chi connectivity index (χ3n) is 6.26. The lowest BCUT2D eigenvalue weighted by atomic mass is 9.85. The molecule has 0 aromatic heterocycles. The SMILES string of the molecule is CC1CCN(C2CCN([C@H]3CCC[C@@H](C)C3)CC2)CC1. The maximum Gasteiger partial charge on any atom is 0.0120 e. The van der Waals surface area contributed by atoms with Crippen molar-refractivity contribution in [1.82, 2.24) is 9.80 Å². The average molecular weight is 278 g/mol. The van der Waals surface area contributed by atoms with Gasteiger partial charge in [-0.25, -0.2) is 0 Å². The molecule has 0 amide bonds. The van der Waals surface area contributed by atoms with E-state index in [1.165, 1.54) is 77.5 Å². The van der Waals surface area contributed by atoms with Gasteiger partial charge in [-0.2, -0.15) is 0 Å². The van der Waals surface area contributed by atoms with Crippen molar-refractivity contribution in [1.29, 1.82) is 0 Å². The largest absolute Gasteiger partial charge is 0.300 e. The van der Waals surface area contributed by atoms with Gasteiger partial charge in [-0.05, 0) is 76.5 Å². The molecule has 1 saturated carbocycles. The van der Waals surface area contributed by atoms with Crippen LogP contribution in [0.2, 0.25) is 0 Å². The molecular formula is C18H34N2. The van der Waals surface area contributed by atoms with E-state index in [9.17, 15) is 0 Å². The molecule has 1 aliphatic carbocycles. The van der Waals surface area contributed by atoms with Gasteiger partial charge in [0.15, 0.2) is 0 Å². The molecule has 0 aromatic rings. The van der Waals surface area contributed by atoms with Gasteiger partial charge in [-0.1, -0.05) is 26.7 Å². The van der Waals surface area contributed by atoms with Gasteiger partial charge in [0.1, 0.15) is 0 Å². The van der Waals surface area contributed by atoms with Crippen molar-refractivity contribution >= 4 is 0 Å². The molecule has 0 bridgehead atoms. The van der Waals surface area contributed by atoms with Gasteiger partial charge >= 0.3 is 0 Å². The first-order chi connectivity index (χ1) is 9.72. The molecule has 3 aliphatic rings. The number of likely N-dealkylation sites (tertiary alicyclic amines) is 2. The van der Waals surface area contributed by atoms with E-state index in [4.69, 9.17) is 0 Å². The number of hydrogen-bond acceptors (Lipinski definition) is 2. The second-order valence-electron chi connectivity index (χ2n) is 7.91. The maximum atomic E-state index is 2.83. The molecule has 0 radical (unpaired) electrons. The molecule has 0 N–H and O–H groups in total. The van der Waals surface area contributed by atoms with E-state index in [0.29, 0.717) is 0 Å². The van der Waals surface area contributed by atoms with Crippen molar-refractivity contribution in [2.45, 2.75) is 77.3 Å². The molecule has 2 heteroatoms. The Morgan fingerprint density at radius 2 is 1.20 bits per heavy atom.